The molecule has 5 heteroatoms. The average molecular weight is 335 g/mol. The van der Waals surface area contributed by atoms with E-state index in [9.17, 15) is 9.59 Å². The van der Waals surface area contributed by atoms with E-state index in [2.05, 4.69) is 13.5 Å². The SMILES string of the molecule is C=CCc1c(CC(=O)OC)cn(C(=O)OC(C)(C)C)c1CCCC. The minimum absolute atomic E-state index is 0.134. The van der Waals surface area contributed by atoms with Gasteiger partial charge in [0.15, 0.2) is 0 Å². The summed E-state index contributed by atoms with van der Waals surface area (Å²) in [5.74, 6) is -0.330. The molecule has 0 saturated heterocycles. The lowest BCUT2D eigenvalue weighted by Gasteiger charge is -2.20. The summed E-state index contributed by atoms with van der Waals surface area (Å²) in [6, 6.07) is 0. The van der Waals surface area contributed by atoms with Crippen molar-refractivity contribution in [3.63, 3.8) is 0 Å². The zero-order valence-corrected chi connectivity index (χ0v) is 15.5. The number of hydrogen-bond acceptors (Lipinski definition) is 4. The van der Waals surface area contributed by atoms with Crippen molar-refractivity contribution in [1.82, 2.24) is 4.57 Å². The highest BCUT2D eigenvalue weighted by molar-refractivity contribution is 5.76. The van der Waals surface area contributed by atoms with Gasteiger partial charge < -0.3 is 9.47 Å². The van der Waals surface area contributed by atoms with Gasteiger partial charge in [0.2, 0.25) is 0 Å². The number of rotatable bonds is 7. The van der Waals surface area contributed by atoms with Crippen molar-refractivity contribution in [3.8, 4) is 0 Å². The monoisotopic (exact) mass is 335 g/mol. The molecule has 1 rings (SSSR count). The zero-order valence-electron chi connectivity index (χ0n) is 15.5. The second-order valence-electron chi connectivity index (χ2n) is 6.78. The van der Waals surface area contributed by atoms with Gasteiger partial charge in [0.05, 0.1) is 13.5 Å². The number of unbranched alkanes of at least 4 members (excludes halogenated alkanes) is 1. The molecule has 0 fully saturated rings. The van der Waals surface area contributed by atoms with Crippen LogP contribution in [0.1, 0.15) is 57.4 Å². The van der Waals surface area contributed by atoms with Crippen molar-refractivity contribution in [2.75, 3.05) is 7.11 Å². The highest BCUT2D eigenvalue weighted by atomic mass is 16.6. The predicted octanol–water partition coefficient (Wildman–Crippen LogP) is 4.06. The van der Waals surface area contributed by atoms with E-state index in [1.807, 2.05) is 20.8 Å². The molecule has 1 heterocycles. The Kier molecular flexibility index (Phi) is 7.26. The Hall–Kier alpha value is -2.04. The Morgan fingerprint density at radius 1 is 1.33 bits per heavy atom. The van der Waals surface area contributed by atoms with Crippen LogP contribution < -0.4 is 0 Å². The van der Waals surface area contributed by atoms with E-state index in [-0.39, 0.29) is 12.4 Å². The minimum Gasteiger partial charge on any atom is -0.469 e. The molecule has 0 aliphatic carbocycles. The molecule has 0 unspecified atom stereocenters. The average Bonchev–Trinajstić information content (AvgIpc) is 2.82. The summed E-state index contributed by atoms with van der Waals surface area (Å²) in [6.45, 7) is 11.4. The van der Waals surface area contributed by atoms with Crippen LogP contribution in [0.5, 0.6) is 0 Å². The maximum atomic E-state index is 12.6. The van der Waals surface area contributed by atoms with Gasteiger partial charge in [-0.1, -0.05) is 19.4 Å². The number of esters is 1. The number of allylic oxidation sites excluding steroid dienone is 1. The van der Waals surface area contributed by atoms with Gasteiger partial charge in [0.1, 0.15) is 5.60 Å². The Morgan fingerprint density at radius 2 is 2.00 bits per heavy atom. The molecule has 0 saturated carbocycles. The van der Waals surface area contributed by atoms with Crippen molar-refractivity contribution < 1.29 is 19.1 Å². The summed E-state index contributed by atoms with van der Waals surface area (Å²) in [5.41, 5.74) is 2.07. The summed E-state index contributed by atoms with van der Waals surface area (Å²) in [5, 5.41) is 0. The molecule has 0 aromatic carbocycles. The lowest BCUT2D eigenvalue weighted by molar-refractivity contribution is -0.139. The number of carbonyl (C=O) groups excluding carboxylic acids is 2. The summed E-state index contributed by atoms with van der Waals surface area (Å²) < 4.78 is 11.8. The van der Waals surface area contributed by atoms with Crippen LogP contribution in [0.25, 0.3) is 0 Å². The van der Waals surface area contributed by atoms with Crippen molar-refractivity contribution in [1.29, 1.82) is 0 Å². The lowest BCUT2D eigenvalue weighted by atomic mass is 10.0. The highest BCUT2D eigenvalue weighted by Gasteiger charge is 2.24. The minimum atomic E-state index is -0.579. The number of ether oxygens (including phenoxy) is 2. The molecule has 0 atom stereocenters. The number of hydrogen-bond donors (Lipinski definition) is 0. The van der Waals surface area contributed by atoms with Gasteiger partial charge in [-0.15, -0.1) is 6.58 Å². The summed E-state index contributed by atoms with van der Waals surface area (Å²) in [4.78, 5) is 24.3. The van der Waals surface area contributed by atoms with Gasteiger partial charge in [-0.05, 0) is 51.2 Å². The number of methoxy groups -OCH3 is 1. The third kappa shape index (κ3) is 5.55. The number of aromatic nitrogens is 1. The smallest absolute Gasteiger partial charge is 0.418 e. The van der Waals surface area contributed by atoms with E-state index >= 15 is 0 Å². The Morgan fingerprint density at radius 3 is 2.50 bits per heavy atom. The molecule has 0 bridgehead atoms. The van der Waals surface area contributed by atoms with Crippen LogP contribution >= 0.6 is 0 Å². The topological polar surface area (TPSA) is 57.5 Å². The molecule has 1 aromatic rings. The van der Waals surface area contributed by atoms with Gasteiger partial charge in [-0.3, -0.25) is 9.36 Å². The lowest BCUT2D eigenvalue weighted by Crippen LogP contribution is -2.27. The van der Waals surface area contributed by atoms with Crippen molar-refractivity contribution in [3.05, 3.63) is 35.7 Å². The molecular formula is C19H29NO4. The Labute approximate surface area is 144 Å². The summed E-state index contributed by atoms with van der Waals surface area (Å²) >= 11 is 0. The van der Waals surface area contributed by atoms with Crippen LogP contribution in [0.2, 0.25) is 0 Å². The molecular weight excluding hydrogens is 306 g/mol. The Bertz CT molecular complexity index is 593. The maximum absolute atomic E-state index is 12.6. The molecule has 1 aromatic heterocycles. The van der Waals surface area contributed by atoms with E-state index in [1.54, 1.807) is 12.3 Å². The van der Waals surface area contributed by atoms with Crippen molar-refractivity contribution >= 4 is 12.1 Å². The fourth-order valence-electron chi connectivity index (χ4n) is 2.51. The van der Waals surface area contributed by atoms with Crippen LogP contribution in [0.4, 0.5) is 4.79 Å². The normalized spacial score (nSPS) is 11.2. The van der Waals surface area contributed by atoms with E-state index in [0.717, 1.165) is 36.1 Å². The molecule has 5 nitrogen and oxygen atoms in total. The second-order valence-corrected chi connectivity index (χ2v) is 6.78. The van der Waals surface area contributed by atoms with E-state index < -0.39 is 11.7 Å². The fourth-order valence-corrected chi connectivity index (χ4v) is 2.51. The summed E-state index contributed by atoms with van der Waals surface area (Å²) in [6.07, 6.45) is 6.51. The third-order valence-corrected chi connectivity index (χ3v) is 3.58. The van der Waals surface area contributed by atoms with Crippen LogP contribution in [-0.2, 0) is 33.5 Å². The standard InChI is InChI=1S/C19H29NO4/c1-7-9-11-16-15(10-8-2)14(12-17(21)23-6)13-20(16)18(22)24-19(3,4)5/h8,13H,2,7,9-12H2,1,3-6H3. The number of nitrogens with zero attached hydrogens (tertiary/aromatic N) is 1. The molecule has 0 aliphatic heterocycles. The molecule has 0 radical (unpaired) electrons. The summed E-state index contributed by atoms with van der Waals surface area (Å²) in [7, 11) is 1.36. The van der Waals surface area contributed by atoms with Crippen molar-refractivity contribution in [2.24, 2.45) is 0 Å². The van der Waals surface area contributed by atoms with Crippen LogP contribution in [0, 0.1) is 0 Å². The molecule has 0 aliphatic rings. The highest BCUT2D eigenvalue weighted by Crippen LogP contribution is 2.23. The van der Waals surface area contributed by atoms with Gasteiger partial charge in [-0.2, -0.15) is 0 Å². The van der Waals surface area contributed by atoms with Crippen LogP contribution in [0.3, 0.4) is 0 Å². The fraction of sp³-hybridized carbons (Fsp3) is 0.579. The van der Waals surface area contributed by atoms with Gasteiger partial charge >= 0.3 is 12.1 Å². The molecule has 0 amide bonds. The first-order valence-corrected chi connectivity index (χ1v) is 8.36. The van der Waals surface area contributed by atoms with Crippen molar-refractivity contribution in [2.45, 2.75) is 65.4 Å². The van der Waals surface area contributed by atoms with Gasteiger partial charge in [0.25, 0.3) is 0 Å². The first kappa shape index (κ1) is 20.0. The third-order valence-electron chi connectivity index (χ3n) is 3.58. The van der Waals surface area contributed by atoms with E-state index in [4.69, 9.17) is 9.47 Å². The van der Waals surface area contributed by atoms with E-state index in [1.165, 1.54) is 11.7 Å². The maximum Gasteiger partial charge on any atom is 0.418 e. The molecule has 134 valence electrons. The quantitative estimate of drug-likeness (QED) is 0.557. The second kappa shape index (κ2) is 8.71. The molecule has 0 spiro atoms. The van der Waals surface area contributed by atoms with Gasteiger partial charge in [0, 0.05) is 11.9 Å². The number of carbonyl (C=O) groups is 2. The van der Waals surface area contributed by atoms with E-state index in [0.29, 0.717) is 6.42 Å². The molecule has 24 heavy (non-hydrogen) atoms. The van der Waals surface area contributed by atoms with Crippen LogP contribution in [0.15, 0.2) is 18.9 Å². The van der Waals surface area contributed by atoms with Crippen LogP contribution in [-0.4, -0.2) is 29.3 Å². The first-order chi connectivity index (χ1) is 11.2. The largest absolute Gasteiger partial charge is 0.469 e. The first-order valence-electron chi connectivity index (χ1n) is 8.36. The zero-order chi connectivity index (χ0) is 18.3. The molecule has 0 N–H and O–H groups in total. The predicted molar refractivity (Wildman–Crippen MR) is 94.3 cm³/mol. The Balaban J connectivity index is 3.32. The van der Waals surface area contributed by atoms with Gasteiger partial charge in [-0.25, -0.2) is 4.79 Å².